The van der Waals surface area contributed by atoms with Crippen LogP contribution in [0.15, 0.2) is 54.9 Å². The number of carbonyl (C=O) groups excluding carboxylic acids is 1. The molecule has 2 aromatic heterocycles. The summed E-state index contributed by atoms with van der Waals surface area (Å²) in [6.45, 7) is 4.38. The first-order valence-electron chi connectivity index (χ1n) is 8.79. The third-order valence-electron chi connectivity index (χ3n) is 4.89. The number of pyridine rings is 1. The first-order chi connectivity index (χ1) is 12.3. The summed E-state index contributed by atoms with van der Waals surface area (Å²) in [5.41, 5.74) is 2.91. The Hall–Kier alpha value is -2.66. The maximum Gasteiger partial charge on any atom is 0.256 e. The maximum absolute atomic E-state index is 12.8. The molecule has 1 fully saturated rings. The van der Waals surface area contributed by atoms with Gasteiger partial charge in [-0.1, -0.05) is 24.3 Å². The minimum Gasteiger partial charge on any atom is -0.360 e. The van der Waals surface area contributed by atoms with Crippen LogP contribution >= 0.6 is 0 Å². The second-order valence-corrected chi connectivity index (χ2v) is 6.45. The van der Waals surface area contributed by atoms with Crippen LogP contribution in [0.4, 0.5) is 0 Å². The Balaban J connectivity index is 1.34. The van der Waals surface area contributed by atoms with Gasteiger partial charge in [0.1, 0.15) is 0 Å². The van der Waals surface area contributed by atoms with Crippen molar-refractivity contribution >= 4 is 16.8 Å². The van der Waals surface area contributed by atoms with Crippen molar-refractivity contribution in [3.63, 3.8) is 0 Å². The van der Waals surface area contributed by atoms with Crippen LogP contribution in [-0.4, -0.2) is 58.4 Å². The molecule has 1 saturated heterocycles. The molecule has 0 unspecified atom stereocenters. The van der Waals surface area contributed by atoms with Crippen molar-refractivity contribution in [2.45, 2.75) is 6.42 Å². The number of amides is 1. The van der Waals surface area contributed by atoms with Gasteiger partial charge in [-0.2, -0.15) is 0 Å². The summed E-state index contributed by atoms with van der Waals surface area (Å²) in [4.78, 5) is 24.8. The highest BCUT2D eigenvalue weighted by Crippen LogP contribution is 2.20. The second-order valence-electron chi connectivity index (χ2n) is 6.45. The van der Waals surface area contributed by atoms with Gasteiger partial charge in [-0.3, -0.25) is 14.7 Å². The van der Waals surface area contributed by atoms with E-state index in [9.17, 15) is 4.79 Å². The summed E-state index contributed by atoms with van der Waals surface area (Å²) < 4.78 is 0. The Labute approximate surface area is 147 Å². The summed E-state index contributed by atoms with van der Waals surface area (Å²) in [7, 11) is 0. The summed E-state index contributed by atoms with van der Waals surface area (Å²) in [5, 5.41) is 1.00. The predicted molar refractivity (Wildman–Crippen MR) is 98.6 cm³/mol. The van der Waals surface area contributed by atoms with Crippen LogP contribution in [0, 0.1) is 0 Å². The Kier molecular flexibility index (Phi) is 4.48. The van der Waals surface area contributed by atoms with E-state index in [4.69, 9.17) is 0 Å². The number of carbonyl (C=O) groups is 1. The van der Waals surface area contributed by atoms with E-state index in [2.05, 4.69) is 20.9 Å². The van der Waals surface area contributed by atoms with Gasteiger partial charge >= 0.3 is 0 Å². The summed E-state index contributed by atoms with van der Waals surface area (Å²) in [6, 6.07) is 14.0. The van der Waals surface area contributed by atoms with Crippen molar-refractivity contribution < 1.29 is 4.79 Å². The zero-order valence-corrected chi connectivity index (χ0v) is 14.2. The van der Waals surface area contributed by atoms with Crippen LogP contribution in [0.1, 0.15) is 16.1 Å². The number of piperazine rings is 1. The van der Waals surface area contributed by atoms with Crippen molar-refractivity contribution in [2.75, 3.05) is 32.7 Å². The van der Waals surface area contributed by atoms with E-state index in [0.29, 0.717) is 0 Å². The Morgan fingerprint density at radius 1 is 1.04 bits per heavy atom. The SMILES string of the molecule is O=C(c1c[nH]c2ccccc12)N1CCN(CCc2ccccn2)CC1. The van der Waals surface area contributed by atoms with Gasteiger partial charge in [0.2, 0.25) is 0 Å². The zero-order chi connectivity index (χ0) is 17.1. The van der Waals surface area contributed by atoms with E-state index < -0.39 is 0 Å². The van der Waals surface area contributed by atoms with Gasteiger partial charge in [0.25, 0.3) is 5.91 Å². The number of aromatic amines is 1. The number of benzene rings is 1. The molecule has 0 bridgehead atoms. The molecular formula is C20H22N4O. The molecule has 3 heterocycles. The molecule has 0 saturated carbocycles. The van der Waals surface area contributed by atoms with E-state index in [1.54, 1.807) is 0 Å². The van der Waals surface area contributed by atoms with Gasteiger partial charge in [-0.05, 0) is 18.2 Å². The molecule has 5 nitrogen and oxygen atoms in total. The number of para-hydroxylation sites is 1. The number of hydrogen-bond donors (Lipinski definition) is 1. The minimum absolute atomic E-state index is 0.127. The monoisotopic (exact) mass is 334 g/mol. The lowest BCUT2D eigenvalue weighted by atomic mass is 10.1. The van der Waals surface area contributed by atoms with Crippen LogP contribution in [0.3, 0.4) is 0 Å². The molecule has 1 amide bonds. The molecule has 1 aliphatic rings. The highest BCUT2D eigenvalue weighted by atomic mass is 16.2. The number of nitrogens with zero attached hydrogens (tertiary/aromatic N) is 3. The number of hydrogen-bond acceptors (Lipinski definition) is 3. The molecule has 1 aromatic carbocycles. The fourth-order valence-corrected chi connectivity index (χ4v) is 3.41. The predicted octanol–water partition coefficient (Wildman–Crippen LogP) is 2.56. The third-order valence-corrected chi connectivity index (χ3v) is 4.89. The number of nitrogens with one attached hydrogen (secondary N) is 1. The van der Waals surface area contributed by atoms with Gasteiger partial charge in [0.05, 0.1) is 5.56 Å². The van der Waals surface area contributed by atoms with Crippen LogP contribution in [0.2, 0.25) is 0 Å². The average Bonchev–Trinajstić information content (AvgIpc) is 3.11. The molecule has 0 radical (unpaired) electrons. The van der Waals surface area contributed by atoms with Gasteiger partial charge in [0, 0.05) is 68.1 Å². The highest BCUT2D eigenvalue weighted by molar-refractivity contribution is 6.06. The second kappa shape index (κ2) is 7.07. The average molecular weight is 334 g/mol. The smallest absolute Gasteiger partial charge is 0.256 e. The fraction of sp³-hybridized carbons (Fsp3) is 0.300. The Bertz CT molecular complexity index is 850. The molecule has 0 atom stereocenters. The van der Waals surface area contributed by atoms with E-state index in [-0.39, 0.29) is 5.91 Å². The van der Waals surface area contributed by atoms with Crippen molar-refractivity contribution in [1.29, 1.82) is 0 Å². The van der Waals surface area contributed by atoms with Gasteiger partial charge in [-0.25, -0.2) is 0 Å². The quantitative estimate of drug-likeness (QED) is 0.798. The molecule has 128 valence electrons. The summed E-state index contributed by atoms with van der Waals surface area (Å²) in [5.74, 6) is 0.127. The van der Waals surface area contributed by atoms with Crippen molar-refractivity contribution in [2.24, 2.45) is 0 Å². The third kappa shape index (κ3) is 3.42. The van der Waals surface area contributed by atoms with Crippen molar-refractivity contribution in [3.8, 4) is 0 Å². The summed E-state index contributed by atoms with van der Waals surface area (Å²) in [6.07, 6.45) is 4.63. The molecule has 5 heteroatoms. The first-order valence-corrected chi connectivity index (χ1v) is 8.79. The zero-order valence-electron chi connectivity index (χ0n) is 14.2. The standard InChI is InChI=1S/C20H22N4O/c25-20(18-15-22-19-7-2-1-6-17(18)19)24-13-11-23(12-14-24)10-8-16-5-3-4-9-21-16/h1-7,9,15,22H,8,10-14H2. The van der Waals surface area contributed by atoms with Crippen molar-refractivity contribution in [3.05, 3.63) is 66.1 Å². The number of rotatable bonds is 4. The molecule has 25 heavy (non-hydrogen) atoms. The molecule has 1 aliphatic heterocycles. The fourth-order valence-electron chi connectivity index (χ4n) is 3.41. The lowest BCUT2D eigenvalue weighted by Gasteiger charge is -2.34. The van der Waals surface area contributed by atoms with Gasteiger partial charge in [0.15, 0.2) is 0 Å². The number of H-pyrrole nitrogens is 1. The van der Waals surface area contributed by atoms with Crippen LogP contribution in [0.25, 0.3) is 10.9 Å². The topological polar surface area (TPSA) is 52.2 Å². The largest absolute Gasteiger partial charge is 0.360 e. The maximum atomic E-state index is 12.8. The van der Waals surface area contributed by atoms with Gasteiger partial charge < -0.3 is 9.88 Å². The molecule has 1 N–H and O–H groups in total. The van der Waals surface area contributed by atoms with Gasteiger partial charge in [-0.15, -0.1) is 0 Å². The summed E-state index contributed by atoms with van der Waals surface area (Å²) >= 11 is 0. The normalized spacial score (nSPS) is 15.6. The molecular weight excluding hydrogens is 312 g/mol. The number of aromatic nitrogens is 2. The molecule has 3 aromatic rings. The van der Waals surface area contributed by atoms with E-state index in [1.807, 2.05) is 53.7 Å². The van der Waals surface area contributed by atoms with Crippen LogP contribution in [-0.2, 0) is 6.42 Å². The Morgan fingerprint density at radius 3 is 2.64 bits per heavy atom. The molecule has 0 aliphatic carbocycles. The first kappa shape index (κ1) is 15.8. The van der Waals surface area contributed by atoms with Crippen LogP contribution in [0.5, 0.6) is 0 Å². The van der Waals surface area contributed by atoms with E-state index >= 15 is 0 Å². The van der Waals surface area contributed by atoms with E-state index in [0.717, 1.165) is 61.3 Å². The lowest BCUT2D eigenvalue weighted by Crippen LogP contribution is -2.49. The highest BCUT2D eigenvalue weighted by Gasteiger charge is 2.23. The Morgan fingerprint density at radius 2 is 1.84 bits per heavy atom. The minimum atomic E-state index is 0.127. The molecule has 0 spiro atoms. The van der Waals surface area contributed by atoms with Crippen molar-refractivity contribution in [1.82, 2.24) is 19.8 Å². The van der Waals surface area contributed by atoms with E-state index in [1.165, 1.54) is 0 Å². The number of fused-ring (bicyclic) bond motifs is 1. The molecule has 4 rings (SSSR count). The van der Waals surface area contributed by atoms with Crippen LogP contribution < -0.4 is 0 Å². The lowest BCUT2D eigenvalue weighted by molar-refractivity contribution is 0.0640.